The van der Waals surface area contributed by atoms with Crippen LogP contribution >= 0.6 is 0 Å². The van der Waals surface area contributed by atoms with Crippen LogP contribution in [0.1, 0.15) is 46.7 Å². The number of hydrogen-bond acceptors (Lipinski definition) is 4. The minimum Gasteiger partial charge on any atom is -0.344 e. The lowest BCUT2D eigenvalue weighted by molar-refractivity contribution is 0.0927. The van der Waals surface area contributed by atoms with Gasteiger partial charge in [0.2, 0.25) is 0 Å². The Morgan fingerprint density at radius 1 is 1.26 bits per heavy atom. The van der Waals surface area contributed by atoms with E-state index < -0.39 is 0 Å². The quantitative estimate of drug-likeness (QED) is 0.804. The molecule has 118 valence electrons. The molecule has 0 bridgehead atoms. The molecule has 0 aliphatic carbocycles. The highest BCUT2D eigenvalue weighted by Gasteiger charge is 2.18. The van der Waals surface area contributed by atoms with Crippen molar-refractivity contribution in [2.45, 2.75) is 33.2 Å². The number of rotatable bonds is 4. The zero-order valence-electron chi connectivity index (χ0n) is 13.4. The summed E-state index contributed by atoms with van der Waals surface area (Å²) < 4.78 is 1.46. The third kappa shape index (κ3) is 3.06. The van der Waals surface area contributed by atoms with Crippen molar-refractivity contribution < 1.29 is 4.79 Å². The van der Waals surface area contributed by atoms with E-state index in [0.717, 1.165) is 17.7 Å². The predicted octanol–water partition coefficient (Wildman–Crippen LogP) is 2.62. The molecule has 1 atom stereocenters. The number of aryl methyl sites for hydroxylation is 2. The van der Waals surface area contributed by atoms with Crippen molar-refractivity contribution in [3.63, 3.8) is 0 Å². The van der Waals surface area contributed by atoms with E-state index in [1.54, 1.807) is 6.07 Å². The summed E-state index contributed by atoms with van der Waals surface area (Å²) in [7, 11) is 0. The lowest BCUT2D eigenvalue weighted by atomic mass is 10.0. The lowest BCUT2D eigenvalue weighted by Crippen LogP contribution is -2.30. The molecule has 23 heavy (non-hydrogen) atoms. The number of carbonyl (C=O) groups is 1. The molecule has 0 radical (unpaired) electrons. The van der Waals surface area contributed by atoms with Crippen LogP contribution in [0.5, 0.6) is 0 Å². The van der Waals surface area contributed by atoms with Gasteiger partial charge in [-0.1, -0.05) is 36.8 Å². The Labute approximate surface area is 134 Å². The van der Waals surface area contributed by atoms with E-state index in [1.807, 2.05) is 32.9 Å². The number of carbonyl (C=O) groups excluding carboxylic acids is 1. The Hall–Kier alpha value is -2.76. The Morgan fingerprint density at radius 3 is 2.70 bits per heavy atom. The van der Waals surface area contributed by atoms with Crippen molar-refractivity contribution in [3.8, 4) is 0 Å². The SMILES string of the molecule is CC[C@@H](NC(=O)c1cc(C)nc2ncnn12)c1ccc(C)cc1. The fraction of sp³-hybridized carbons (Fsp3) is 0.294. The number of fused-ring (bicyclic) bond motifs is 1. The second-order valence-corrected chi connectivity index (χ2v) is 5.60. The van der Waals surface area contributed by atoms with Gasteiger partial charge in [0.05, 0.1) is 6.04 Å². The molecule has 0 fully saturated rings. The van der Waals surface area contributed by atoms with E-state index >= 15 is 0 Å². The normalized spacial score (nSPS) is 12.3. The van der Waals surface area contributed by atoms with E-state index in [4.69, 9.17) is 0 Å². The zero-order valence-corrected chi connectivity index (χ0v) is 13.4. The van der Waals surface area contributed by atoms with Crippen molar-refractivity contribution in [3.05, 3.63) is 59.2 Å². The molecule has 6 nitrogen and oxygen atoms in total. The first-order valence-corrected chi connectivity index (χ1v) is 7.63. The Balaban J connectivity index is 1.89. The van der Waals surface area contributed by atoms with Gasteiger partial charge >= 0.3 is 0 Å². The third-order valence-electron chi connectivity index (χ3n) is 3.81. The zero-order chi connectivity index (χ0) is 16.4. The van der Waals surface area contributed by atoms with Crippen molar-refractivity contribution in [1.29, 1.82) is 0 Å². The number of nitrogens with one attached hydrogen (secondary N) is 1. The lowest BCUT2D eigenvalue weighted by Gasteiger charge is -2.18. The smallest absolute Gasteiger partial charge is 0.270 e. The second kappa shape index (κ2) is 6.16. The molecule has 0 aliphatic rings. The fourth-order valence-corrected chi connectivity index (χ4v) is 2.54. The maximum absolute atomic E-state index is 12.7. The summed E-state index contributed by atoms with van der Waals surface area (Å²) in [5.74, 6) is 0.247. The van der Waals surface area contributed by atoms with E-state index in [1.165, 1.54) is 16.4 Å². The minimum absolute atomic E-state index is 0.0462. The number of aromatic nitrogens is 4. The topological polar surface area (TPSA) is 72.2 Å². The summed E-state index contributed by atoms with van der Waals surface area (Å²) in [6, 6.07) is 9.88. The van der Waals surface area contributed by atoms with Gasteiger partial charge in [0, 0.05) is 5.69 Å². The highest BCUT2D eigenvalue weighted by atomic mass is 16.2. The predicted molar refractivity (Wildman–Crippen MR) is 87.2 cm³/mol. The van der Waals surface area contributed by atoms with Crippen molar-refractivity contribution in [2.24, 2.45) is 0 Å². The average molecular weight is 309 g/mol. The summed E-state index contributed by atoms with van der Waals surface area (Å²) in [5, 5.41) is 7.15. The maximum Gasteiger partial charge on any atom is 0.270 e. The first kappa shape index (κ1) is 15.1. The summed E-state index contributed by atoms with van der Waals surface area (Å²) in [4.78, 5) is 21.0. The molecule has 0 unspecified atom stereocenters. The summed E-state index contributed by atoms with van der Waals surface area (Å²) >= 11 is 0. The van der Waals surface area contributed by atoms with Gasteiger partial charge in [-0.05, 0) is 31.9 Å². The van der Waals surface area contributed by atoms with Gasteiger partial charge in [0.25, 0.3) is 11.7 Å². The first-order valence-electron chi connectivity index (χ1n) is 7.63. The number of hydrogen-bond donors (Lipinski definition) is 1. The van der Waals surface area contributed by atoms with Gasteiger partial charge in [-0.2, -0.15) is 14.6 Å². The second-order valence-electron chi connectivity index (χ2n) is 5.60. The van der Waals surface area contributed by atoms with Gasteiger partial charge < -0.3 is 5.32 Å². The number of nitrogens with zero attached hydrogens (tertiary/aromatic N) is 4. The van der Waals surface area contributed by atoms with E-state index in [0.29, 0.717) is 11.5 Å². The molecule has 1 N–H and O–H groups in total. The van der Waals surface area contributed by atoms with Crippen LogP contribution in [-0.4, -0.2) is 25.5 Å². The molecule has 1 aromatic carbocycles. The van der Waals surface area contributed by atoms with Gasteiger partial charge in [-0.25, -0.2) is 4.98 Å². The van der Waals surface area contributed by atoms with E-state index in [-0.39, 0.29) is 11.9 Å². The Kier molecular flexibility index (Phi) is 4.06. The van der Waals surface area contributed by atoms with Crippen molar-refractivity contribution in [2.75, 3.05) is 0 Å². The van der Waals surface area contributed by atoms with Crippen LogP contribution in [0.25, 0.3) is 5.78 Å². The summed E-state index contributed by atoms with van der Waals surface area (Å²) in [6.45, 7) is 5.93. The van der Waals surface area contributed by atoms with Gasteiger partial charge in [-0.3, -0.25) is 4.79 Å². The van der Waals surface area contributed by atoms with Gasteiger partial charge in [0.1, 0.15) is 12.0 Å². The minimum atomic E-state index is -0.182. The molecule has 1 amide bonds. The summed E-state index contributed by atoms with van der Waals surface area (Å²) in [6.07, 6.45) is 2.20. The monoisotopic (exact) mass is 309 g/mol. The maximum atomic E-state index is 12.7. The van der Waals surface area contributed by atoms with Crippen LogP contribution in [0.2, 0.25) is 0 Å². The van der Waals surface area contributed by atoms with E-state index in [2.05, 4.69) is 32.5 Å². The van der Waals surface area contributed by atoms with Crippen LogP contribution in [0.4, 0.5) is 0 Å². The number of amides is 1. The molecule has 0 spiro atoms. The highest BCUT2D eigenvalue weighted by molar-refractivity contribution is 5.93. The van der Waals surface area contributed by atoms with Crippen LogP contribution in [0, 0.1) is 13.8 Å². The van der Waals surface area contributed by atoms with Crippen LogP contribution in [0.3, 0.4) is 0 Å². The first-order chi connectivity index (χ1) is 11.1. The molecule has 3 rings (SSSR count). The molecular weight excluding hydrogens is 290 g/mol. The Morgan fingerprint density at radius 2 is 2.00 bits per heavy atom. The summed E-state index contributed by atoms with van der Waals surface area (Å²) in [5.41, 5.74) is 3.46. The fourth-order valence-electron chi connectivity index (χ4n) is 2.54. The molecule has 0 saturated heterocycles. The largest absolute Gasteiger partial charge is 0.344 e. The Bertz CT molecular complexity index is 838. The molecule has 2 heterocycles. The molecule has 3 aromatic rings. The highest BCUT2D eigenvalue weighted by Crippen LogP contribution is 2.18. The van der Waals surface area contributed by atoms with Crippen molar-refractivity contribution >= 4 is 11.7 Å². The number of benzene rings is 1. The standard InChI is InChI=1S/C17H19N5O/c1-4-14(13-7-5-11(2)6-8-13)21-16(23)15-9-12(3)20-17-18-10-19-22(15)17/h5-10,14H,4H2,1-3H3,(H,21,23)/t14-/m1/s1. The molecular formula is C17H19N5O. The van der Waals surface area contributed by atoms with Crippen LogP contribution < -0.4 is 5.32 Å². The molecule has 0 saturated carbocycles. The van der Waals surface area contributed by atoms with Gasteiger partial charge in [0.15, 0.2) is 0 Å². The molecule has 2 aromatic heterocycles. The van der Waals surface area contributed by atoms with E-state index in [9.17, 15) is 4.79 Å². The van der Waals surface area contributed by atoms with Crippen LogP contribution in [-0.2, 0) is 0 Å². The molecule has 6 heteroatoms. The van der Waals surface area contributed by atoms with Gasteiger partial charge in [-0.15, -0.1) is 0 Å². The third-order valence-corrected chi connectivity index (χ3v) is 3.81. The van der Waals surface area contributed by atoms with Crippen LogP contribution in [0.15, 0.2) is 36.7 Å². The molecule has 0 aliphatic heterocycles. The van der Waals surface area contributed by atoms with Crippen molar-refractivity contribution in [1.82, 2.24) is 24.9 Å². The average Bonchev–Trinajstić information content (AvgIpc) is 3.00.